The lowest BCUT2D eigenvalue weighted by Crippen LogP contribution is -2.16. The number of benzene rings is 1. The van der Waals surface area contributed by atoms with Crippen LogP contribution in [0.1, 0.15) is 26.4 Å². The van der Waals surface area contributed by atoms with Crippen LogP contribution < -0.4 is 5.73 Å². The number of nitrogens with one attached hydrogen (secondary N) is 1. The molecule has 0 amide bonds. The van der Waals surface area contributed by atoms with Crippen LogP contribution in [-0.2, 0) is 20.7 Å². The minimum Gasteiger partial charge on any atom is -0.463 e. The SMILES string of the molecule is NCC(=O)Cc1ccc(C(=O)OCOC(=O)c2cc3occc3[nH]2)cc1. The van der Waals surface area contributed by atoms with Gasteiger partial charge in [-0.05, 0) is 17.7 Å². The van der Waals surface area contributed by atoms with Gasteiger partial charge >= 0.3 is 11.9 Å². The molecule has 2 aromatic heterocycles. The van der Waals surface area contributed by atoms with Crippen LogP contribution in [0.25, 0.3) is 11.1 Å². The van der Waals surface area contributed by atoms with Crippen molar-refractivity contribution in [2.24, 2.45) is 5.73 Å². The van der Waals surface area contributed by atoms with Crippen molar-refractivity contribution in [2.75, 3.05) is 13.3 Å². The average molecular weight is 356 g/mol. The van der Waals surface area contributed by atoms with E-state index in [4.69, 9.17) is 19.6 Å². The van der Waals surface area contributed by atoms with Crippen LogP contribution in [0.15, 0.2) is 47.1 Å². The summed E-state index contributed by atoms with van der Waals surface area (Å²) in [5, 5.41) is 0. The minimum atomic E-state index is -0.667. The molecule has 8 heteroatoms. The highest BCUT2D eigenvalue weighted by atomic mass is 16.7. The highest BCUT2D eigenvalue weighted by molar-refractivity contribution is 5.93. The predicted molar refractivity (Wildman–Crippen MR) is 90.5 cm³/mol. The van der Waals surface area contributed by atoms with Crippen LogP contribution in [0, 0.1) is 0 Å². The molecule has 26 heavy (non-hydrogen) atoms. The number of aromatic nitrogens is 1. The Morgan fingerprint density at radius 3 is 2.46 bits per heavy atom. The highest BCUT2D eigenvalue weighted by Crippen LogP contribution is 2.16. The van der Waals surface area contributed by atoms with Gasteiger partial charge in [-0.2, -0.15) is 0 Å². The number of aromatic amines is 1. The smallest absolute Gasteiger partial charge is 0.357 e. The fourth-order valence-corrected chi connectivity index (χ4v) is 2.31. The van der Waals surface area contributed by atoms with E-state index in [9.17, 15) is 14.4 Å². The standard InChI is InChI=1S/C18H16N2O6/c19-9-13(21)7-11-1-3-12(4-2-11)17(22)25-10-26-18(23)15-8-16-14(20-15)5-6-24-16/h1-6,8,20H,7,9-10,19H2. The van der Waals surface area contributed by atoms with Gasteiger partial charge in [0.2, 0.25) is 6.79 Å². The van der Waals surface area contributed by atoms with E-state index >= 15 is 0 Å². The molecule has 0 unspecified atom stereocenters. The Kier molecular flexibility index (Phi) is 5.14. The molecule has 3 N–H and O–H groups in total. The number of carbonyl (C=O) groups excluding carboxylic acids is 3. The van der Waals surface area contributed by atoms with Gasteiger partial charge in [0.05, 0.1) is 23.9 Å². The molecule has 0 fully saturated rings. The summed E-state index contributed by atoms with van der Waals surface area (Å²) in [5.74, 6) is -1.40. The zero-order valence-electron chi connectivity index (χ0n) is 13.7. The fourth-order valence-electron chi connectivity index (χ4n) is 2.31. The van der Waals surface area contributed by atoms with Crippen LogP contribution in [0.4, 0.5) is 0 Å². The molecule has 0 saturated carbocycles. The van der Waals surface area contributed by atoms with Crippen LogP contribution in [-0.4, -0.2) is 36.0 Å². The van der Waals surface area contributed by atoms with E-state index in [1.54, 1.807) is 18.2 Å². The Morgan fingerprint density at radius 2 is 1.77 bits per heavy atom. The normalized spacial score (nSPS) is 10.7. The number of ketones is 1. The predicted octanol–water partition coefficient (Wildman–Crippen LogP) is 1.80. The monoisotopic (exact) mass is 356 g/mol. The number of hydrogen-bond donors (Lipinski definition) is 2. The number of carbonyl (C=O) groups is 3. The molecule has 0 saturated heterocycles. The first kappa shape index (κ1) is 17.4. The molecule has 0 aliphatic carbocycles. The fraction of sp³-hybridized carbons (Fsp3) is 0.167. The zero-order valence-corrected chi connectivity index (χ0v) is 13.7. The van der Waals surface area contributed by atoms with Gasteiger partial charge < -0.3 is 24.6 Å². The molecule has 0 atom stereocenters. The van der Waals surface area contributed by atoms with Crippen LogP contribution >= 0.6 is 0 Å². The van der Waals surface area contributed by atoms with E-state index in [-0.39, 0.29) is 30.0 Å². The maximum Gasteiger partial charge on any atom is 0.357 e. The molecule has 0 bridgehead atoms. The number of Topliss-reactive ketones (excluding diaryl/α,β-unsaturated/α-hetero) is 1. The second-order valence-electron chi connectivity index (χ2n) is 5.48. The first-order valence-corrected chi connectivity index (χ1v) is 7.78. The number of rotatable bonds is 7. The van der Waals surface area contributed by atoms with E-state index in [0.29, 0.717) is 11.1 Å². The molecule has 0 radical (unpaired) electrons. The van der Waals surface area contributed by atoms with Crippen molar-refractivity contribution in [2.45, 2.75) is 6.42 Å². The first-order chi connectivity index (χ1) is 12.6. The van der Waals surface area contributed by atoms with Crippen LogP contribution in [0.5, 0.6) is 0 Å². The average Bonchev–Trinajstić information content (AvgIpc) is 3.24. The zero-order chi connectivity index (χ0) is 18.5. The van der Waals surface area contributed by atoms with Crippen molar-refractivity contribution in [1.82, 2.24) is 4.98 Å². The Hall–Kier alpha value is -3.39. The van der Waals surface area contributed by atoms with Gasteiger partial charge in [0.15, 0.2) is 11.4 Å². The lowest BCUT2D eigenvalue weighted by molar-refractivity contribution is -0.117. The quantitative estimate of drug-likeness (QED) is 0.488. The lowest BCUT2D eigenvalue weighted by atomic mass is 10.1. The van der Waals surface area contributed by atoms with Crippen molar-refractivity contribution < 1.29 is 28.3 Å². The van der Waals surface area contributed by atoms with E-state index in [2.05, 4.69) is 4.98 Å². The van der Waals surface area contributed by atoms with Gasteiger partial charge in [0, 0.05) is 18.6 Å². The molecule has 134 valence electrons. The summed E-state index contributed by atoms with van der Waals surface area (Å²) in [6.07, 6.45) is 1.71. The maximum atomic E-state index is 11.9. The van der Waals surface area contributed by atoms with Gasteiger partial charge in [-0.1, -0.05) is 12.1 Å². The van der Waals surface area contributed by atoms with Crippen LogP contribution in [0.2, 0.25) is 0 Å². The molecule has 2 heterocycles. The number of fused-ring (bicyclic) bond motifs is 1. The third-order valence-corrected chi connectivity index (χ3v) is 3.66. The topological polar surface area (TPSA) is 125 Å². The number of ether oxygens (including phenoxy) is 2. The van der Waals surface area contributed by atoms with Crippen molar-refractivity contribution >= 4 is 28.8 Å². The summed E-state index contributed by atoms with van der Waals surface area (Å²) in [7, 11) is 0. The van der Waals surface area contributed by atoms with E-state index in [1.165, 1.54) is 24.5 Å². The lowest BCUT2D eigenvalue weighted by Gasteiger charge is -2.06. The van der Waals surface area contributed by atoms with Crippen LogP contribution in [0.3, 0.4) is 0 Å². The molecule has 0 spiro atoms. The molecular formula is C18H16N2O6. The number of hydrogen-bond acceptors (Lipinski definition) is 7. The number of esters is 2. The molecule has 0 aliphatic heterocycles. The summed E-state index contributed by atoms with van der Waals surface area (Å²) in [6, 6.07) is 9.52. The molecule has 3 aromatic rings. The second-order valence-corrected chi connectivity index (χ2v) is 5.48. The Labute approximate surface area is 147 Å². The van der Waals surface area contributed by atoms with Crippen molar-refractivity contribution in [3.63, 3.8) is 0 Å². The van der Waals surface area contributed by atoms with Gasteiger partial charge in [0.25, 0.3) is 0 Å². The van der Waals surface area contributed by atoms with Crippen molar-refractivity contribution in [3.8, 4) is 0 Å². The molecular weight excluding hydrogens is 340 g/mol. The summed E-state index contributed by atoms with van der Waals surface area (Å²) in [4.78, 5) is 37.9. The van der Waals surface area contributed by atoms with E-state index in [1.807, 2.05) is 0 Å². The van der Waals surface area contributed by atoms with Gasteiger partial charge in [0.1, 0.15) is 5.69 Å². The summed E-state index contributed by atoms with van der Waals surface area (Å²) in [5.41, 5.74) is 7.69. The van der Waals surface area contributed by atoms with Crippen molar-refractivity contribution in [1.29, 1.82) is 0 Å². The second kappa shape index (κ2) is 7.66. The molecule has 8 nitrogen and oxygen atoms in total. The third kappa shape index (κ3) is 3.98. The van der Waals surface area contributed by atoms with Gasteiger partial charge in [-0.25, -0.2) is 9.59 Å². The Morgan fingerprint density at radius 1 is 1.04 bits per heavy atom. The molecule has 1 aromatic carbocycles. The van der Waals surface area contributed by atoms with Gasteiger partial charge in [-0.15, -0.1) is 0 Å². The number of furan rings is 1. The highest BCUT2D eigenvalue weighted by Gasteiger charge is 2.14. The van der Waals surface area contributed by atoms with E-state index in [0.717, 1.165) is 5.56 Å². The minimum absolute atomic E-state index is 0.0264. The van der Waals surface area contributed by atoms with E-state index < -0.39 is 18.7 Å². The summed E-state index contributed by atoms with van der Waals surface area (Å²) >= 11 is 0. The Bertz CT molecular complexity index is 910. The third-order valence-electron chi connectivity index (χ3n) is 3.66. The summed E-state index contributed by atoms with van der Waals surface area (Å²) in [6.45, 7) is -0.549. The number of H-pyrrole nitrogens is 1. The van der Waals surface area contributed by atoms with Gasteiger partial charge in [-0.3, -0.25) is 4.79 Å². The molecule has 3 rings (SSSR count). The first-order valence-electron chi connectivity index (χ1n) is 7.78. The Balaban J connectivity index is 1.49. The van der Waals surface area contributed by atoms with Crippen molar-refractivity contribution in [3.05, 3.63) is 59.5 Å². The largest absolute Gasteiger partial charge is 0.463 e. The maximum absolute atomic E-state index is 11.9. The number of nitrogens with two attached hydrogens (primary N) is 1. The molecule has 0 aliphatic rings. The summed E-state index contributed by atoms with van der Waals surface area (Å²) < 4.78 is 14.9.